The molecule has 1 saturated heterocycles. The lowest BCUT2D eigenvalue weighted by molar-refractivity contribution is -0.137. The molecule has 2 heterocycles. The van der Waals surface area contributed by atoms with Gasteiger partial charge in [-0.15, -0.1) is 0 Å². The molecule has 17 heavy (non-hydrogen) atoms. The minimum atomic E-state index is -4.31. The second-order valence-electron chi connectivity index (χ2n) is 4.16. The third-order valence-electron chi connectivity index (χ3n) is 3.02. The van der Waals surface area contributed by atoms with Crippen molar-refractivity contribution in [3.63, 3.8) is 0 Å². The number of nitrogens with zero attached hydrogens (tertiary/aromatic N) is 2. The molecule has 1 aromatic rings. The number of hydrogen-bond donors (Lipinski definition) is 1. The standard InChI is InChI=1S/C11H14F3N3/c1-17(9-3-4-15-7-9)10-6-8(2-5-16-10)11(12,13)14/h2,5-6,9,15H,3-4,7H2,1H3. The highest BCUT2D eigenvalue weighted by molar-refractivity contribution is 5.42. The molecule has 0 saturated carbocycles. The normalized spacial score (nSPS) is 20.6. The van der Waals surface area contributed by atoms with Crippen molar-refractivity contribution in [3.8, 4) is 0 Å². The van der Waals surface area contributed by atoms with Crippen molar-refractivity contribution >= 4 is 5.82 Å². The van der Waals surface area contributed by atoms with Gasteiger partial charge < -0.3 is 10.2 Å². The van der Waals surface area contributed by atoms with Gasteiger partial charge in [-0.3, -0.25) is 0 Å². The molecule has 0 bridgehead atoms. The van der Waals surface area contributed by atoms with Crippen molar-refractivity contribution in [3.05, 3.63) is 23.9 Å². The van der Waals surface area contributed by atoms with Crippen molar-refractivity contribution in [2.75, 3.05) is 25.0 Å². The second kappa shape index (κ2) is 4.52. The lowest BCUT2D eigenvalue weighted by Crippen LogP contribution is -2.34. The highest BCUT2D eigenvalue weighted by Gasteiger charge is 2.31. The van der Waals surface area contributed by atoms with E-state index in [4.69, 9.17) is 0 Å². The summed E-state index contributed by atoms with van der Waals surface area (Å²) in [6.45, 7) is 1.68. The average Bonchev–Trinajstić information content (AvgIpc) is 2.80. The summed E-state index contributed by atoms with van der Waals surface area (Å²) in [6.07, 6.45) is -2.18. The van der Waals surface area contributed by atoms with E-state index in [0.29, 0.717) is 5.82 Å². The summed E-state index contributed by atoms with van der Waals surface area (Å²) < 4.78 is 37.6. The van der Waals surface area contributed by atoms with Crippen LogP contribution in [0, 0.1) is 0 Å². The van der Waals surface area contributed by atoms with Crippen LogP contribution in [0.3, 0.4) is 0 Å². The Kier molecular flexibility index (Phi) is 3.24. The lowest BCUT2D eigenvalue weighted by Gasteiger charge is -2.25. The Balaban J connectivity index is 2.20. The first-order valence-electron chi connectivity index (χ1n) is 5.45. The zero-order chi connectivity index (χ0) is 12.5. The topological polar surface area (TPSA) is 28.2 Å². The van der Waals surface area contributed by atoms with E-state index >= 15 is 0 Å². The summed E-state index contributed by atoms with van der Waals surface area (Å²) in [5.41, 5.74) is -0.652. The lowest BCUT2D eigenvalue weighted by atomic mass is 10.2. The van der Waals surface area contributed by atoms with E-state index in [0.717, 1.165) is 31.6 Å². The van der Waals surface area contributed by atoms with Crippen LogP contribution in [0.2, 0.25) is 0 Å². The van der Waals surface area contributed by atoms with Crippen LogP contribution < -0.4 is 10.2 Å². The molecule has 1 fully saturated rings. The van der Waals surface area contributed by atoms with Gasteiger partial charge in [-0.1, -0.05) is 0 Å². The molecule has 0 radical (unpaired) electrons. The third kappa shape index (κ3) is 2.69. The van der Waals surface area contributed by atoms with Crippen LogP contribution in [0.5, 0.6) is 0 Å². The first-order valence-corrected chi connectivity index (χ1v) is 5.45. The predicted molar refractivity (Wildman–Crippen MR) is 58.9 cm³/mol. The van der Waals surface area contributed by atoms with Gasteiger partial charge in [0.05, 0.1) is 5.56 Å². The van der Waals surface area contributed by atoms with Gasteiger partial charge >= 0.3 is 6.18 Å². The Morgan fingerprint density at radius 1 is 1.47 bits per heavy atom. The molecule has 0 aromatic carbocycles. The summed E-state index contributed by atoms with van der Waals surface area (Å²) in [7, 11) is 1.78. The van der Waals surface area contributed by atoms with E-state index in [1.807, 2.05) is 0 Å². The smallest absolute Gasteiger partial charge is 0.355 e. The molecule has 3 nitrogen and oxygen atoms in total. The van der Waals surface area contributed by atoms with Gasteiger partial charge in [-0.2, -0.15) is 13.2 Å². The first kappa shape index (κ1) is 12.2. The second-order valence-corrected chi connectivity index (χ2v) is 4.16. The summed E-state index contributed by atoms with van der Waals surface area (Å²) in [5, 5.41) is 3.18. The quantitative estimate of drug-likeness (QED) is 0.862. The maximum absolute atomic E-state index is 12.5. The molecule has 2 rings (SSSR count). The monoisotopic (exact) mass is 245 g/mol. The fourth-order valence-electron chi connectivity index (χ4n) is 1.94. The van der Waals surface area contributed by atoms with Crippen molar-refractivity contribution in [1.82, 2.24) is 10.3 Å². The van der Waals surface area contributed by atoms with Crippen LogP contribution in [-0.4, -0.2) is 31.2 Å². The van der Waals surface area contributed by atoms with Gasteiger partial charge in [0.15, 0.2) is 0 Å². The molecule has 1 aliphatic heterocycles. The molecule has 1 unspecified atom stereocenters. The zero-order valence-electron chi connectivity index (χ0n) is 9.46. The van der Waals surface area contributed by atoms with Crippen LogP contribution in [0.15, 0.2) is 18.3 Å². The molecule has 0 aliphatic carbocycles. The van der Waals surface area contributed by atoms with E-state index in [-0.39, 0.29) is 6.04 Å². The molecule has 0 amide bonds. The highest BCUT2D eigenvalue weighted by atomic mass is 19.4. The van der Waals surface area contributed by atoms with Crippen molar-refractivity contribution in [1.29, 1.82) is 0 Å². The van der Waals surface area contributed by atoms with Crippen LogP contribution in [-0.2, 0) is 6.18 Å². The summed E-state index contributed by atoms with van der Waals surface area (Å²) in [6, 6.07) is 2.30. The number of halogens is 3. The molecule has 1 aromatic heterocycles. The van der Waals surface area contributed by atoms with Crippen LogP contribution in [0.1, 0.15) is 12.0 Å². The average molecular weight is 245 g/mol. The van der Waals surface area contributed by atoms with Crippen LogP contribution >= 0.6 is 0 Å². The fourth-order valence-corrected chi connectivity index (χ4v) is 1.94. The Morgan fingerprint density at radius 2 is 2.24 bits per heavy atom. The number of rotatable bonds is 2. The number of anilines is 1. The van der Waals surface area contributed by atoms with Crippen LogP contribution in [0.4, 0.5) is 19.0 Å². The van der Waals surface area contributed by atoms with E-state index in [1.165, 1.54) is 6.20 Å². The molecule has 1 aliphatic rings. The zero-order valence-corrected chi connectivity index (χ0v) is 9.46. The van der Waals surface area contributed by atoms with Gasteiger partial charge in [0.25, 0.3) is 0 Å². The van der Waals surface area contributed by atoms with E-state index in [9.17, 15) is 13.2 Å². The number of likely N-dealkylation sites (N-methyl/N-ethyl adjacent to an activating group) is 1. The molecule has 94 valence electrons. The Bertz CT molecular complexity index is 386. The maximum Gasteiger partial charge on any atom is 0.416 e. The molecular weight excluding hydrogens is 231 g/mol. The van der Waals surface area contributed by atoms with Crippen molar-refractivity contribution < 1.29 is 13.2 Å². The van der Waals surface area contributed by atoms with Crippen molar-refractivity contribution in [2.45, 2.75) is 18.6 Å². The fraction of sp³-hybridized carbons (Fsp3) is 0.545. The minimum Gasteiger partial charge on any atom is -0.355 e. The van der Waals surface area contributed by atoms with E-state index in [2.05, 4.69) is 10.3 Å². The number of pyridine rings is 1. The predicted octanol–water partition coefficient (Wildman–Crippen LogP) is 1.90. The summed E-state index contributed by atoms with van der Waals surface area (Å²) >= 11 is 0. The number of hydrogen-bond acceptors (Lipinski definition) is 3. The number of nitrogens with one attached hydrogen (secondary N) is 1. The molecule has 0 spiro atoms. The minimum absolute atomic E-state index is 0.214. The van der Waals surface area contributed by atoms with Gasteiger partial charge in [-0.25, -0.2) is 4.98 Å². The van der Waals surface area contributed by atoms with Crippen molar-refractivity contribution in [2.24, 2.45) is 0 Å². The van der Waals surface area contributed by atoms with E-state index in [1.54, 1.807) is 11.9 Å². The first-order chi connectivity index (χ1) is 7.98. The Morgan fingerprint density at radius 3 is 2.82 bits per heavy atom. The largest absolute Gasteiger partial charge is 0.416 e. The molecule has 6 heteroatoms. The van der Waals surface area contributed by atoms with Gasteiger partial charge in [0.1, 0.15) is 5.82 Å². The molecule has 1 N–H and O–H groups in total. The van der Waals surface area contributed by atoms with Crippen LogP contribution in [0.25, 0.3) is 0 Å². The van der Waals surface area contributed by atoms with Gasteiger partial charge in [-0.05, 0) is 25.1 Å². The highest BCUT2D eigenvalue weighted by Crippen LogP contribution is 2.31. The number of aromatic nitrogens is 1. The van der Waals surface area contributed by atoms with Gasteiger partial charge in [0.2, 0.25) is 0 Å². The van der Waals surface area contributed by atoms with Gasteiger partial charge in [0, 0.05) is 25.8 Å². The Hall–Kier alpha value is -1.30. The Labute approximate surface area is 97.6 Å². The molecule has 1 atom stereocenters. The summed E-state index contributed by atoms with van der Waals surface area (Å²) in [4.78, 5) is 5.80. The van der Waals surface area contributed by atoms with E-state index < -0.39 is 11.7 Å². The number of alkyl halides is 3. The SMILES string of the molecule is CN(c1cc(C(F)(F)F)ccn1)C1CCNC1. The maximum atomic E-state index is 12.5. The molecular formula is C11H14F3N3. The third-order valence-corrected chi connectivity index (χ3v) is 3.02. The summed E-state index contributed by atoms with van der Waals surface area (Å²) in [5.74, 6) is 0.369.